The maximum Gasteiger partial charge on any atom is 0.310 e. The highest BCUT2D eigenvalue weighted by molar-refractivity contribution is 5.72. The van der Waals surface area contributed by atoms with Gasteiger partial charge in [0.05, 0.1) is 13.0 Å². The highest BCUT2D eigenvalue weighted by Crippen LogP contribution is 2.17. The van der Waals surface area contributed by atoms with Crippen molar-refractivity contribution in [2.75, 3.05) is 13.7 Å². The van der Waals surface area contributed by atoms with Crippen molar-refractivity contribution in [3.8, 4) is 5.75 Å². The summed E-state index contributed by atoms with van der Waals surface area (Å²) >= 11 is 0. The van der Waals surface area contributed by atoms with E-state index < -0.39 is 0 Å². The molecule has 0 fully saturated rings. The topological polar surface area (TPSA) is 47.6 Å². The Bertz CT molecular complexity index is 625. The van der Waals surface area contributed by atoms with Crippen LogP contribution in [0, 0.1) is 5.92 Å². The Hall–Kier alpha value is -2.33. The normalized spacial score (nSPS) is 13.1. The number of rotatable bonds is 8. The van der Waals surface area contributed by atoms with E-state index in [1.165, 1.54) is 0 Å². The van der Waals surface area contributed by atoms with Gasteiger partial charge in [0.1, 0.15) is 12.4 Å². The Morgan fingerprint density at radius 2 is 1.71 bits per heavy atom. The smallest absolute Gasteiger partial charge is 0.310 e. The fourth-order valence-corrected chi connectivity index (χ4v) is 2.32. The lowest BCUT2D eigenvalue weighted by molar-refractivity contribution is -0.149. The van der Waals surface area contributed by atoms with Crippen LogP contribution in [-0.2, 0) is 16.1 Å². The van der Waals surface area contributed by atoms with Crippen LogP contribution in [0.15, 0.2) is 54.6 Å². The van der Waals surface area contributed by atoms with E-state index in [4.69, 9.17) is 9.47 Å². The zero-order chi connectivity index (χ0) is 17.4. The Labute approximate surface area is 143 Å². The van der Waals surface area contributed by atoms with Crippen LogP contribution in [0.25, 0.3) is 0 Å². The standard InChI is InChI=1S/C20H25NO3/c1-15(20(22)24-14-17-7-5-4-6-8-17)13-21-16(2)18-9-11-19(23-3)12-10-18/h4-12,15-16,21H,13-14H2,1-3H3. The lowest BCUT2D eigenvalue weighted by Crippen LogP contribution is -2.29. The molecule has 0 spiro atoms. The summed E-state index contributed by atoms with van der Waals surface area (Å²) < 4.78 is 10.5. The second kappa shape index (κ2) is 9.08. The number of ether oxygens (including phenoxy) is 2. The van der Waals surface area contributed by atoms with Gasteiger partial charge >= 0.3 is 5.97 Å². The van der Waals surface area contributed by atoms with Crippen molar-refractivity contribution in [2.45, 2.75) is 26.5 Å². The quantitative estimate of drug-likeness (QED) is 0.751. The number of benzene rings is 2. The van der Waals surface area contributed by atoms with Crippen LogP contribution in [-0.4, -0.2) is 19.6 Å². The molecule has 24 heavy (non-hydrogen) atoms. The first kappa shape index (κ1) is 18.0. The summed E-state index contributed by atoms with van der Waals surface area (Å²) in [6, 6.07) is 17.8. The van der Waals surface area contributed by atoms with Gasteiger partial charge in [-0.05, 0) is 30.2 Å². The minimum Gasteiger partial charge on any atom is -0.497 e. The molecule has 2 aromatic rings. The number of hydrogen-bond donors (Lipinski definition) is 1. The third-order valence-electron chi connectivity index (χ3n) is 3.97. The van der Waals surface area contributed by atoms with Gasteiger partial charge in [0.25, 0.3) is 0 Å². The average Bonchev–Trinajstić information content (AvgIpc) is 2.64. The van der Waals surface area contributed by atoms with Crippen molar-refractivity contribution in [1.29, 1.82) is 0 Å². The first-order chi connectivity index (χ1) is 11.6. The van der Waals surface area contributed by atoms with Gasteiger partial charge in [-0.1, -0.05) is 49.4 Å². The molecule has 0 saturated heterocycles. The minimum absolute atomic E-state index is 0.153. The van der Waals surface area contributed by atoms with E-state index >= 15 is 0 Å². The number of nitrogens with one attached hydrogen (secondary N) is 1. The molecule has 1 N–H and O–H groups in total. The van der Waals surface area contributed by atoms with Crippen LogP contribution in [0.2, 0.25) is 0 Å². The van der Waals surface area contributed by atoms with Gasteiger partial charge < -0.3 is 14.8 Å². The van der Waals surface area contributed by atoms with Crippen molar-refractivity contribution >= 4 is 5.97 Å². The molecule has 0 heterocycles. The third-order valence-corrected chi connectivity index (χ3v) is 3.97. The molecular formula is C20H25NO3. The molecule has 0 bridgehead atoms. The predicted octanol–water partition coefficient (Wildman–Crippen LogP) is 3.73. The largest absolute Gasteiger partial charge is 0.497 e. The monoisotopic (exact) mass is 327 g/mol. The van der Waals surface area contributed by atoms with Crippen LogP contribution in [0.5, 0.6) is 5.75 Å². The fraction of sp³-hybridized carbons (Fsp3) is 0.350. The van der Waals surface area contributed by atoms with E-state index in [1.54, 1.807) is 7.11 Å². The molecule has 2 atom stereocenters. The van der Waals surface area contributed by atoms with Crippen molar-refractivity contribution in [3.63, 3.8) is 0 Å². The van der Waals surface area contributed by atoms with Crippen molar-refractivity contribution in [3.05, 3.63) is 65.7 Å². The molecule has 2 rings (SSSR count). The highest BCUT2D eigenvalue weighted by Gasteiger charge is 2.16. The second-order valence-corrected chi connectivity index (χ2v) is 5.90. The minimum atomic E-state index is -0.200. The van der Waals surface area contributed by atoms with Crippen LogP contribution >= 0.6 is 0 Å². The highest BCUT2D eigenvalue weighted by atomic mass is 16.5. The van der Waals surface area contributed by atoms with Crippen molar-refractivity contribution in [2.24, 2.45) is 5.92 Å². The van der Waals surface area contributed by atoms with Crippen molar-refractivity contribution < 1.29 is 14.3 Å². The zero-order valence-corrected chi connectivity index (χ0v) is 14.5. The molecule has 0 aliphatic carbocycles. The first-order valence-electron chi connectivity index (χ1n) is 8.18. The molecule has 0 amide bonds. The summed E-state index contributed by atoms with van der Waals surface area (Å²) in [7, 11) is 1.65. The fourth-order valence-electron chi connectivity index (χ4n) is 2.32. The third kappa shape index (κ3) is 5.39. The van der Waals surface area contributed by atoms with E-state index in [1.807, 2.05) is 61.5 Å². The first-order valence-corrected chi connectivity index (χ1v) is 8.18. The molecule has 0 saturated carbocycles. The Balaban J connectivity index is 1.76. The lowest BCUT2D eigenvalue weighted by Gasteiger charge is -2.18. The summed E-state index contributed by atoms with van der Waals surface area (Å²) in [6.45, 7) is 4.84. The molecule has 2 unspecified atom stereocenters. The van der Waals surface area contributed by atoms with Gasteiger partial charge in [-0.25, -0.2) is 0 Å². The predicted molar refractivity (Wildman–Crippen MR) is 94.8 cm³/mol. The molecule has 4 nitrogen and oxygen atoms in total. The van der Waals surface area contributed by atoms with E-state index in [-0.39, 0.29) is 17.9 Å². The maximum atomic E-state index is 12.1. The van der Waals surface area contributed by atoms with Gasteiger partial charge in [-0.15, -0.1) is 0 Å². The Morgan fingerprint density at radius 1 is 1.04 bits per heavy atom. The van der Waals surface area contributed by atoms with Gasteiger partial charge in [0.15, 0.2) is 0 Å². The van der Waals surface area contributed by atoms with Gasteiger partial charge in [-0.2, -0.15) is 0 Å². The summed E-state index contributed by atoms with van der Waals surface area (Å²) in [4.78, 5) is 12.1. The van der Waals surface area contributed by atoms with Gasteiger partial charge in [0.2, 0.25) is 0 Å². The van der Waals surface area contributed by atoms with Gasteiger partial charge in [0, 0.05) is 12.6 Å². The van der Waals surface area contributed by atoms with Crippen molar-refractivity contribution in [1.82, 2.24) is 5.32 Å². The number of esters is 1. The molecule has 0 radical (unpaired) electrons. The number of carbonyl (C=O) groups is 1. The van der Waals surface area contributed by atoms with Crippen LogP contribution in [0.3, 0.4) is 0 Å². The van der Waals surface area contributed by atoms with E-state index in [2.05, 4.69) is 12.2 Å². The van der Waals surface area contributed by atoms with Crippen LogP contribution < -0.4 is 10.1 Å². The summed E-state index contributed by atoms with van der Waals surface area (Å²) in [5.41, 5.74) is 2.15. The van der Waals surface area contributed by atoms with E-state index in [0.717, 1.165) is 16.9 Å². The SMILES string of the molecule is COc1ccc(C(C)NCC(C)C(=O)OCc2ccccc2)cc1. The van der Waals surface area contributed by atoms with Gasteiger partial charge in [-0.3, -0.25) is 4.79 Å². The zero-order valence-electron chi connectivity index (χ0n) is 14.5. The number of methoxy groups -OCH3 is 1. The Morgan fingerprint density at radius 3 is 2.33 bits per heavy atom. The molecule has 4 heteroatoms. The number of carbonyl (C=O) groups excluding carboxylic acids is 1. The molecule has 0 aromatic heterocycles. The average molecular weight is 327 g/mol. The van der Waals surface area contributed by atoms with Crippen LogP contribution in [0.4, 0.5) is 0 Å². The molecule has 128 valence electrons. The van der Waals surface area contributed by atoms with E-state index in [9.17, 15) is 4.79 Å². The summed E-state index contributed by atoms with van der Waals surface area (Å²) in [5, 5.41) is 3.37. The molecular weight excluding hydrogens is 302 g/mol. The molecule has 2 aromatic carbocycles. The van der Waals surface area contributed by atoms with Crippen LogP contribution in [0.1, 0.15) is 31.0 Å². The lowest BCUT2D eigenvalue weighted by atomic mass is 10.1. The maximum absolute atomic E-state index is 12.1. The summed E-state index contributed by atoms with van der Waals surface area (Å²) in [6.07, 6.45) is 0. The second-order valence-electron chi connectivity index (χ2n) is 5.90. The summed E-state index contributed by atoms with van der Waals surface area (Å²) in [5.74, 6) is 0.450. The number of hydrogen-bond acceptors (Lipinski definition) is 4. The molecule has 0 aliphatic rings. The molecule has 0 aliphatic heterocycles. The Kier molecular flexibility index (Phi) is 6.82. The van der Waals surface area contributed by atoms with E-state index in [0.29, 0.717) is 13.2 Å².